The number of carbonyl (C=O) groups excluding carboxylic acids is 1. The van der Waals surface area contributed by atoms with Gasteiger partial charge >= 0.3 is 5.97 Å². The molecule has 6 heteroatoms. The maximum Gasteiger partial charge on any atom is 0.338 e. The highest BCUT2D eigenvalue weighted by molar-refractivity contribution is 6.30. The lowest BCUT2D eigenvalue weighted by Gasteiger charge is -2.12. The van der Waals surface area contributed by atoms with Crippen LogP contribution in [0.5, 0.6) is 0 Å². The van der Waals surface area contributed by atoms with Crippen molar-refractivity contribution in [2.45, 2.75) is 27.4 Å². The maximum absolute atomic E-state index is 13.9. The Hall–Kier alpha value is -2.40. The highest BCUT2D eigenvalue weighted by Crippen LogP contribution is 2.24. The van der Waals surface area contributed by atoms with Crippen LogP contribution in [0.15, 0.2) is 35.3 Å². The number of hydrogen-bond donors (Lipinski definition) is 0. The van der Waals surface area contributed by atoms with Crippen LogP contribution >= 0.6 is 11.6 Å². The molecule has 2 aromatic carbocycles. The zero-order valence-electron chi connectivity index (χ0n) is 15.3. The third-order valence-electron chi connectivity index (χ3n) is 4.05. The highest BCUT2D eigenvalue weighted by Gasteiger charge is 2.15. The first-order valence-electron chi connectivity index (χ1n) is 8.29. The fourth-order valence-electron chi connectivity index (χ4n) is 2.28. The van der Waals surface area contributed by atoms with Crippen molar-refractivity contribution >= 4 is 29.6 Å². The molecule has 0 saturated carbocycles. The molecule has 2 aromatic rings. The quantitative estimate of drug-likeness (QED) is 0.402. The summed E-state index contributed by atoms with van der Waals surface area (Å²) in [6.45, 7) is 6.41. The standard InChI is InChI=1S/C20H22ClFN2O2/c1-5-24(4)12-23-18-10-13(2)16(9-14(18)3)20(25)26-11-15-7-6-8-17(21)19(15)22/h6-10,12H,5,11H2,1-4H3/b23-12+. The van der Waals surface area contributed by atoms with E-state index in [1.165, 1.54) is 12.1 Å². The number of carbonyl (C=O) groups is 1. The van der Waals surface area contributed by atoms with Crippen LogP contribution < -0.4 is 0 Å². The molecule has 0 N–H and O–H groups in total. The first kappa shape index (κ1) is 19.9. The van der Waals surface area contributed by atoms with Gasteiger partial charge in [-0.15, -0.1) is 0 Å². The second-order valence-electron chi connectivity index (χ2n) is 6.06. The van der Waals surface area contributed by atoms with Crippen molar-refractivity contribution in [2.24, 2.45) is 4.99 Å². The summed E-state index contributed by atoms with van der Waals surface area (Å²) in [5.41, 5.74) is 3.08. The number of rotatable bonds is 6. The molecule has 0 bridgehead atoms. The molecule has 0 saturated heterocycles. The van der Waals surface area contributed by atoms with Gasteiger partial charge in [0.1, 0.15) is 12.4 Å². The largest absolute Gasteiger partial charge is 0.457 e. The van der Waals surface area contributed by atoms with Crippen LogP contribution in [0, 0.1) is 19.7 Å². The molecular formula is C20H22ClFN2O2. The van der Waals surface area contributed by atoms with Crippen LogP contribution in [-0.2, 0) is 11.3 Å². The van der Waals surface area contributed by atoms with E-state index >= 15 is 0 Å². The molecule has 0 aliphatic rings. The van der Waals surface area contributed by atoms with Crippen molar-refractivity contribution < 1.29 is 13.9 Å². The molecule has 2 rings (SSSR count). The van der Waals surface area contributed by atoms with E-state index in [0.717, 1.165) is 23.4 Å². The molecule has 0 aliphatic carbocycles. The normalized spacial score (nSPS) is 11.0. The van der Waals surface area contributed by atoms with E-state index in [0.29, 0.717) is 5.56 Å². The van der Waals surface area contributed by atoms with Gasteiger partial charge in [0.2, 0.25) is 0 Å². The van der Waals surface area contributed by atoms with Gasteiger partial charge < -0.3 is 9.64 Å². The van der Waals surface area contributed by atoms with Crippen LogP contribution in [0.4, 0.5) is 10.1 Å². The summed E-state index contributed by atoms with van der Waals surface area (Å²) in [6.07, 6.45) is 1.75. The van der Waals surface area contributed by atoms with Gasteiger partial charge in [0.05, 0.1) is 22.6 Å². The lowest BCUT2D eigenvalue weighted by molar-refractivity contribution is 0.0468. The second kappa shape index (κ2) is 8.81. The molecule has 0 aliphatic heterocycles. The number of nitrogens with zero attached hydrogens (tertiary/aromatic N) is 2. The van der Waals surface area contributed by atoms with Gasteiger partial charge in [-0.3, -0.25) is 0 Å². The summed E-state index contributed by atoms with van der Waals surface area (Å²) in [6, 6.07) is 8.18. The molecular weight excluding hydrogens is 355 g/mol. The monoisotopic (exact) mass is 376 g/mol. The molecule has 0 radical (unpaired) electrons. The Morgan fingerprint density at radius 1 is 1.31 bits per heavy atom. The van der Waals surface area contributed by atoms with Crippen molar-refractivity contribution in [2.75, 3.05) is 13.6 Å². The number of benzene rings is 2. The highest BCUT2D eigenvalue weighted by atomic mass is 35.5. The number of ether oxygens (including phenoxy) is 1. The molecule has 138 valence electrons. The number of aryl methyl sites for hydroxylation is 2. The Labute approximate surface area is 158 Å². The zero-order chi connectivity index (χ0) is 19.3. The van der Waals surface area contributed by atoms with E-state index in [1.54, 1.807) is 18.5 Å². The minimum atomic E-state index is -0.570. The third kappa shape index (κ3) is 4.82. The fourth-order valence-corrected chi connectivity index (χ4v) is 2.48. The van der Waals surface area contributed by atoms with Crippen molar-refractivity contribution in [3.05, 3.63) is 63.4 Å². The summed E-state index contributed by atoms with van der Waals surface area (Å²) in [4.78, 5) is 18.8. The number of halogens is 2. The Morgan fingerprint density at radius 3 is 2.73 bits per heavy atom. The average molecular weight is 377 g/mol. The molecule has 0 fully saturated rings. The first-order valence-corrected chi connectivity index (χ1v) is 8.67. The second-order valence-corrected chi connectivity index (χ2v) is 6.47. The van der Waals surface area contributed by atoms with Gasteiger partial charge in [-0.25, -0.2) is 14.2 Å². The molecule has 0 heterocycles. The molecule has 0 amide bonds. The average Bonchev–Trinajstić information content (AvgIpc) is 2.62. The summed E-state index contributed by atoms with van der Waals surface area (Å²) < 4.78 is 19.1. The lowest BCUT2D eigenvalue weighted by Crippen LogP contribution is -2.14. The summed E-state index contributed by atoms with van der Waals surface area (Å²) in [5, 5.41) is 0.00448. The van der Waals surface area contributed by atoms with E-state index < -0.39 is 11.8 Å². The number of esters is 1. The predicted octanol–water partition coefficient (Wildman–Crippen LogP) is 5.06. The van der Waals surface area contributed by atoms with E-state index in [-0.39, 0.29) is 17.2 Å². The van der Waals surface area contributed by atoms with Crippen LogP contribution in [0.3, 0.4) is 0 Å². The molecule has 26 heavy (non-hydrogen) atoms. The van der Waals surface area contributed by atoms with Gasteiger partial charge in [0, 0.05) is 19.2 Å². The van der Waals surface area contributed by atoms with Crippen LogP contribution in [0.1, 0.15) is 34.0 Å². The smallest absolute Gasteiger partial charge is 0.338 e. The molecule has 0 spiro atoms. The molecule has 0 atom stereocenters. The maximum atomic E-state index is 13.9. The van der Waals surface area contributed by atoms with Crippen molar-refractivity contribution in [3.63, 3.8) is 0 Å². The van der Waals surface area contributed by atoms with E-state index in [4.69, 9.17) is 16.3 Å². The summed E-state index contributed by atoms with van der Waals surface area (Å²) in [5.74, 6) is -1.08. The molecule has 4 nitrogen and oxygen atoms in total. The van der Waals surface area contributed by atoms with E-state index in [2.05, 4.69) is 4.99 Å². The van der Waals surface area contributed by atoms with Crippen LogP contribution in [-0.4, -0.2) is 30.8 Å². The van der Waals surface area contributed by atoms with Gasteiger partial charge in [-0.05, 0) is 50.1 Å². The van der Waals surface area contributed by atoms with Crippen molar-refractivity contribution in [1.29, 1.82) is 0 Å². The topological polar surface area (TPSA) is 41.9 Å². The number of hydrogen-bond acceptors (Lipinski definition) is 3. The minimum absolute atomic E-state index is 0.00448. The fraction of sp³-hybridized carbons (Fsp3) is 0.300. The van der Waals surface area contributed by atoms with Crippen LogP contribution in [0.25, 0.3) is 0 Å². The summed E-state index contributed by atoms with van der Waals surface area (Å²) in [7, 11) is 1.94. The first-order chi connectivity index (χ1) is 12.3. The van der Waals surface area contributed by atoms with Gasteiger partial charge in [0.15, 0.2) is 0 Å². The number of aliphatic imine (C=N–C) groups is 1. The summed E-state index contributed by atoms with van der Waals surface area (Å²) >= 11 is 5.74. The Bertz CT molecular complexity index is 837. The van der Waals surface area contributed by atoms with Crippen molar-refractivity contribution in [3.8, 4) is 0 Å². The zero-order valence-corrected chi connectivity index (χ0v) is 16.1. The Morgan fingerprint density at radius 2 is 2.04 bits per heavy atom. The predicted molar refractivity (Wildman–Crippen MR) is 103 cm³/mol. The van der Waals surface area contributed by atoms with Gasteiger partial charge in [0.25, 0.3) is 0 Å². The van der Waals surface area contributed by atoms with E-state index in [1.807, 2.05) is 38.8 Å². The van der Waals surface area contributed by atoms with Crippen molar-refractivity contribution in [1.82, 2.24) is 4.90 Å². The van der Waals surface area contributed by atoms with Crippen LogP contribution in [0.2, 0.25) is 5.02 Å². The molecule has 0 aromatic heterocycles. The van der Waals surface area contributed by atoms with E-state index in [9.17, 15) is 9.18 Å². The molecule has 0 unspecified atom stereocenters. The SMILES string of the molecule is CCN(C)/C=N/c1cc(C)c(C(=O)OCc2cccc(Cl)c2F)cc1C. The van der Waals surface area contributed by atoms with Gasteiger partial charge in [-0.1, -0.05) is 23.7 Å². The Balaban J connectivity index is 2.15. The lowest BCUT2D eigenvalue weighted by atomic mass is 10.0. The Kier molecular flexibility index (Phi) is 6.75. The third-order valence-corrected chi connectivity index (χ3v) is 4.34. The minimum Gasteiger partial charge on any atom is -0.457 e. The van der Waals surface area contributed by atoms with Gasteiger partial charge in [-0.2, -0.15) is 0 Å².